The molecule has 0 saturated carbocycles. The fourth-order valence-electron chi connectivity index (χ4n) is 4.08. The van der Waals surface area contributed by atoms with Crippen molar-refractivity contribution in [2.45, 2.75) is 45.3 Å². The zero-order valence-electron chi connectivity index (χ0n) is 22.5. The molecular formula is C29H32BrF2N3O4S. The summed E-state index contributed by atoms with van der Waals surface area (Å²) in [4.78, 5) is 28.9. The number of benzene rings is 3. The summed E-state index contributed by atoms with van der Waals surface area (Å²) >= 11 is 3.42. The Morgan fingerprint density at radius 2 is 1.62 bits per heavy atom. The molecule has 0 unspecified atom stereocenters. The summed E-state index contributed by atoms with van der Waals surface area (Å²) in [7, 11) is -4.09. The van der Waals surface area contributed by atoms with Gasteiger partial charge in [0.15, 0.2) is 11.6 Å². The molecule has 7 nitrogen and oxygen atoms in total. The van der Waals surface area contributed by atoms with Gasteiger partial charge in [0.2, 0.25) is 21.8 Å². The van der Waals surface area contributed by atoms with Crippen LogP contribution in [0.25, 0.3) is 0 Å². The number of nitrogens with zero attached hydrogens (tertiary/aromatic N) is 2. The van der Waals surface area contributed by atoms with E-state index in [1.165, 1.54) is 4.90 Å². The van der Waals surface area contributed by atoms with E-state index in [2.05, 4.69) is 21.2 Å². The highest BCUT2D eigenvalue weighted by Gasteiger charge is 2.33. The SMILES string of the molecule is CC[C@H](C)NC(=O)[C@@H](Cc1ccccc1)N(Cc1cccc(Br)c1)C(=O)CN(c1ccc(F)c(F)c1)S(C)(=O)=O. The molecule has 11 heteroatoms. The number of rotatable bonds is 12. The van der Waals surface area contributed by atoms with Gasteiger partial charge in [0.1, 0.15) is 12.6 Å². The van der Waals surface area contributed by atoms with Crippen molar-refractivity contribution in [2.24, 2.45) is 0 Å². The Labute approximate surface area is 242 Å². The molecule has 0 aliphatic rings. The Bertz CT molecular complexity index is 1440. The summed E-state index contributed by atoms with van der Waals surface area (Å²) in [6, 6.07) is 17.8. The molecule has 0 spiro atoms. The zero-order valence-corrected chi connectivity index (χ0v) is 24.9. The van der Waals surface area contributed by atoms with Crippen LogP contribution < -0.4 is 9.62 Å². The quantitative estimate of drug-likeness (QED) is 0.302. The van der Waals surface area contributed by atoms with Gasteiger partial charge < -0.3 is 10.2 Å². The van der Waals surface area contributed by atoms with Crippen molar-refractivity contribution < 1.29 is 26.8 Å². The summed E-state index contributed by atoms with van der Waals surface area (Å²) in [5.41, 5.74) is 1.30. The van der Waals surface area contributed by atoms with Crippen LogP contribution in [0.2, 0.25) is 0 Å². The predicted molar refractivity (Wildman–Crippen MR) is 155 cm³/mol. The van der Waals surface area contributed by atoms with Crippen molar-refractivity contribution in [2.75, 3.05) is 17.1 Å². The van der Waals surface area contributed by atoms with E-state index < -0.39 is 40.2 Å². The average Bonchev–Trinajstić information content (AvgIpc) is 2.90. The fourth-order valence-corrected chi connectivity index (χ4v) is 5.37. The smallest absolute Gasteiger partial charge is 0.244 e. The Kier molecular flexibility index (Phi) is 10.8. The fraction of sp³-hybridized carbons (Fsp3) is 0.310. The molecule has 3 aromatic rings. The normalized spacial score (nSPS) is 12.8. The Balaban J connectivity index is 2.07. The van der Waals surface area contributed by atoms with Gasteiger partial charge in [-0.1, -0.05) is 65.3 Å². The Morgan fingerprint density at radius 1 is 0.950 bits per heavy atom. The van der Waals surface area contributed by atoms with Crippen molar-refractivity contribution in [1.29, 1.82) is 0 Å². The second kappa shape index (κ2) is 13.8. The summed E-state index contributed by atoms with van der Waals surface area (Å²) in [5, 5.41) is 2.95. The molecule has 2 atom stereocenters. The molecule has 0 bridgehead atoms. The maximum absolute atomic E-state index is 14.0. The third kappa shape index (κ3) is 8.59. The van der Waals surface area contributed by atoms with Crippen LogP contribution in [0, 0.1) is 11.6 Å². The third-order valence-corrected chi connectivity index (χ3v) is 8.02. The van der Waals surface area contributed by atoms with Crippen LogP contribution in [-0.2, 0) is 32.6 Å². The molecule has 0 aliphatic carbocycles. The summed E-state index contributed by atoms with van der Waals surface area (Å²) in [6.45, 7) is 3.05. The van der Waals surface area contributed by atoms with Crippen LogP contribution in [0.3, 0.4) is 0 Å². The molecule has 0 heterocycles. The first-order valence-electron chi connectivity index (χ1n) is 12.7. The van der Waals surface area contributed by atoms with Gasteiger partial charge in [-0.05, 0) is 48.7 Å². The first-order chi connectivity index (χ1) is 18.9. The lowest BCUT2D eigenvalue weighted by molar-refractivity contribution is -0.140. The average molecular weight is 637 g/mol. The maximum atomic E-state index is 14.0. The minimum atomic E-state index is -4.09. The standard InChI is InChI=1S/C29H32BrF2N3O4S/c1-4-20(2)33-29(37)27(16-21-9-6-5-7-10-21)34(18-22-11-8-12-23(30)15-22)28(36)19-35(40(3,38)39)24-13-14-25(31)26(32)17-24/h5-15,17,20,27H,4,16,18-19H2,1-3H3,(H,33,37)/t20-,27+/m0/s1. The number of amides is 2. The first-order valence-corrected chi connectivity index (χ1v) is 15.3. The van der Waals surface area contributed by atoms with Crippen LogP contribution in [-0.4, -0.2) is 50.0 Å². The van der Waals surface area contributed by atoms with Gasteiger partial charge in [0.25, 0.3) is 0 Å². The lowest BCUT2D eigenvalue weighted by atomic mass is 10.0. The Hall–Kier alpha value is -3.31. The molecule has 0 fully saturated rings. The van der Waals surface area contributed by atoms with Crippen LogP contribution in [0.5, 0.6) is 0 Å². The van der Waals surface area contributed by atoms with E-state index in [1.54, 1.807) is 18.2 Å². The molecule has 3 aromatic carbocycles. The number of hydrogen-bond donors (Lipinski definition) is 1. The van der Waals surface area contributed by atoms with E-state index in [0.29, 0.717) is 16.3 Å². The van der Waals surface area contributed by atoms with Crippen molar-refractivity contribution >= 4 is 43.5 Å². The Morgan fingerprint density at radius 3 is 2.23 bits per heavy atom. The molecule has 214 valence electrons. The van der Waals surface area contributed by atoms with Gasteiger partial charge in [0, 0.05) is 29.5 Å². The second-order valence-electron chi connectivity index (χ2n) is 9.54. The van der Waals surface area contributed by atoms with Gasteiger partial charge in [-0.3, -0.25) is 13.9 Å². The highest BCUT2D eigenvalue weighted by atomic mass is 79.9. The highest BCUT2D eigenvalue weighted by molar-refractivity contribution is 9.10. The van der Waals surface area contributed by atoms with Gasteiger partial charge in [-0.2, -0.15) is 0 Å². The number of sulfonamides is 1. The molecular weight excluding hydrogens is 604 g/mol. The monoisotopic (exact) mass is 635 g/mol. The highest BCUT2D eigenvalue weighted by Crippen LogP contribution is 2.23. The maximum Gasteiger partial charge on any atom is 0.244 e. The van der Waals surface area contributed by atoms with E-state index >= 15 is 0 Å². The number of nitrogens with one attached hydrogen (secondary N) is 1. The van der Waals surface area contributed by atoms with Crippen molar-refractivity contribution in [3.8, 4) is 0 Å². The number of carbonyl (C=O) groups is 2. The molecule has 0 saturated heterocycles. The number of carbonyl (C=O) groups excluding carboxylic acids is 2. The minimum Gasteiger partial charge on any atom is -0.352 e. The molecule has 0 radical (unpaired) electrons. The van der Waals surface area contributed by atoms with Crippen LogP contribution in [0.1, 0.15) is 31.4 Å². The largest absolute Gasteiger partial charge is 0.352 e. The molecule has 0 aromatic heterocycles. The van der Waals surface area contributed by atoms with Crippen LogP contribution >= 0.6 is 15.9 Å². The van der Waals surface area contributed by atoms with Gasteiger partial charge in [0.05, 0.1) is 11.9 Å². The topological polar surface area (TPSA) is 86.8 Å². The van der Waals surface area contributed by atoms with Gasteiger partial charge in [-0.15, -0.1) is 0 Å². The zero-order chi connectivity index (χ0) is 29.4. The van der Waals surface area contributed by atoms with Crippen molar-refractivity contribution in [3.05, 3.63) is 100 Å². The van der Waals surface area contributed by atoms with Crippen molar-refractivity contribution in [3.63, 3.8) is 0 Å². The number of hydrogen-bond acceptors (Lipinski definition) is 4. The summed E-state index contributed by atoms with van der Waals surface area (Å²) < 4.78 is 54.5. The second-order valence-corrected chi connectivity index (χ2v) is 12.4. The molecule has 0 aliphatic heterocycles. The minimum absolute atomic E-state index is 0.000912. The molecule has 3 rings (SSSR count). The molecule has 2 amide bonds. The molecule has 40 heavy (non-hydrogen) atoms. The third-order valence-electron chi connectivity index (χ3n) is 6.38. The van der Waals surface area contributed by atoms with E-state index in [0.717, 1.165) is 34.5 Å². The lowest BCUT2D eigenvalue weighted by Crippen LogP contribution is -2.54. The van der Waals surface area contributed by atoms with E-state index in [9.17, 15) is 26.8 Å². The summed E-state index contributed by atoms with van der Waals surface area (Å²) in [6.07, 6.45) is 1.71. The number of anilines is 1. The van der Waals surface area contributed by atoms with Crippen LogP contribution in [0.15, 0.2) is 77.3 Å². The van der Waals surface area contributed by atoms with Gasteiger partial charge in [-0.25, -0.2) is 17.2 Å². The summed E-state index contributed by atoms with van der Waals surface area (Å²) in [5.74, 6) is -3.47. The lowest BCUT2D eigenvalue weighted by Gasteiger charge is -2.34. The van der Waals surface area contributed by atoms with Gasteiger partial charge >= 0.3 is 0 Å². The van der Waals surface area contributed by atoms with E-state index in [1.807, 2.05) is 50.2 Å². The van der Waals surface area contributed by atoms with Crippen LogP contribution in [0.4, 0.5) is 14.5 Å². The predicted octanol–water partition coefficient (Wildman–Crippen LogP) is 5.05. The van der Waals surface area contributed by atoms with E-state index in [4.69, 9.17) is 0 Å². The first kappa shape index (κ1) is 31.2. The molecule has 1 N–H and O–H groups in total. The van der Waals surface area contributed by atoms with E-state index in [-0.39, 0.29) is 30.6 Å². The van der Waals surface area contributed by atoms with Crippen molar-refractivity contribution in [1.82, 2.24) is 10.2 Å². The number of halogens is 3.